The van der Waals surface area contributed by atoms with Gasteiger partial charge in [0.1, 0.15) is 5.78 Å². The van der Waals surface area contributed by atoms with Gasteiger partial charge in [-0.1, -0.05) is 25.5 Å². The fraction of sp³-hybridized carbons (Fsp3) is 0.667. The van der Waals surface area contributed by atoms with Crippen LogP contribution in [-0.2, 0) is 14.3 Å². The summed E-state index contributed by atoms with van der Waals surface area (Å²) in [5, 5.41) is 0. The van der Waals surface area contributed by atoms with E-state index in [0.29, 0.717) is 6.42 Å². The number of unbranched alkanes of at least 4 members (excludes halogenated alkanes) is 1. The molecule has 0 rings (SSSR count). The van der Waals surface area contributed by atoms with Gasteiger partial charge in [0, 0.05) is 6.42 Å². The van der Waals surface area contributed by atoms with Crippen molar-refractivity contribution >= 4 is 11.8 Å². The molecular formula is C12H20O3. The van der Waals surface area contributed by atoms with Crippen LogP contribution in [0.15, 0.2) is 12.2 Å². The number of carbonyl (C=O) groups excluding carboxylic acids is 2. The molecule has 0 aromatic carbocycles. The van der Waals surface area contributed by atoms with Gasteiger partial charge in [0.25, 0.3) is 0 Å². The molecule has 0 aromatic rings. The lowest BCUT2D eigenvalue weighted by atomic mass is 9.99. The van der Waals surface area contributed by atoms with E-state index in [-0.39, 0.29) is 24.1 Å². The summed E-state index contributed by atoms with van der Waals surface area (Å²) < 4.78 is 4.65. The van der Waals surface area contributed by atoms with Crippen LogP contribution >= 0.6 is 0 Å². The molecule has 0 N–H and O–H groups in total. The van der Waals surface area contributed by atoms with E-state index in [9.17, 15) is 9.59 Å². The fourth-order valence-electron chi connectivity index (χ4n) is 1.32. The molecule has 3 heteroatoms. The van der Waals surface area contributed by atoms with Gasteiger partial charge in [-0.3, -0.25) is 4.79 Å². The third-order valence-electron chi connectivity index (χ3n) is 2.11. The second kappa shape index (κ2) is 8.21. The molecule has 0 amide bonds. The van der Waals surface area contributed by atoms with Gasteiger partial charge in [-0.15, -0.1) is 0 Å². The highest BCUT2D eigenvalue weighted by atomic mass is 16.5. The van der Waals surface area contributed by atoms with Crippen LogP contribution in [0.3, 0.4) is 0 Å². The van der Waals surface area contributed by atoms with Crippen LogP contribution in [0.1, 0.15) is 39.5 Å². The number of carbonyl (C=O) groups is 2. The van der Waals surface area contributed by atoms with Crippen molar-refractivity contribution in [3.8, 4) is 0 Å². The number of Topliss-reactive ketones (excluding diaryl/α,β-unsaturated/α-hetero) is 1. The summed E-state index contributed by atoms with van der Waals surface area (Å²) >= 11 is 0. The average molecular weight is 212 g/mol. The van der Waals surface area contributed by atoms with Crippen molar-refractivity contribution in [3.05, 3.63) is 12.2 Å². The minimum absolute atomic E-state index is 0.0225. The van der Waals surface area contributed by atoms with Crippen LogP contribution in [0.2, 0.25) is 0 Å². The van der Waals surface area contributed by atoms with E-state index in [2.05, 4.69) is 11.7 Å². The number of ketones is 1. The summed E-state index contributed by atoms with van der Waals surface area (Å²) in [5.41, 5.74) is 0. The number of methoxy groups -OCH3 is 1. The van der Waals surface area contributed by atoms with Crippen molar-refractivity contribution < 1.29 is 14.3 Å². The molecule has 0 aromatic heterocycles. The lowest BCUT2D eigenvalue weighted by molar-refractivity contribution is -0.146. The SMILES string of the molecule is CCCC=CCC(CC(C)=O)C(=O)OC. The number of allylic oxidation sites excluding steroid dienone is 2. The molecular weight excluding hydrogens is 192 g/mol. The Morgan fingerprint density at radius 2 is 2.00 bits per heavy atom. The van der Waals surface area contributed by atoms with Gasteiger partial charge in [0.2, 0.25) is 0 Å². The highest BCUT2D eigenvalue weighted by molar-refractivity contribution is 5.82. The van der Waals surface area contributed by atoms with Gasteiger partial charge in [-0.25, -0.2) is 0 Å². The summed E-state index contributed by atoms with van der Waals surface area (Å²) in [6.45, 7) is 3.59. The van der Waals surface area contributed by atoms with E-state index in [0.717, 1.165) is 12.8 Å². The highest BCUT2D eigenvalue weighted by Crippen LogP contribution is 2.12. The Morgan fingerprint density at radius 3 is 2.47 bits per heavy atom. The van der Waals surface area contributed by atoms with Gasteiger partial charge >= 0.3 is 5.97 Å². The number of rotatable bonds is 7. The first-order chi connectivity index (χ1) is 7.11. The molecule has 3 nitrogen and oxygen atoms in total. The average Bonchev–Trinajstić information content (AvgIpc) is 2.21. The Bertz CT molecular complexity index is 231. The Labute approximate surface area is 91.5 Å². The number of hydrogen-bond acceptors (Lipinski definition) is 3. The first-order valence-corrected chi connectivity index (χ1v) is 5.34. The van der Waals surface area contributed by atoms with Crippen LogP contribution in [0.5, 0.6) is 0 Å². The minimum atomic E-state index is -0.319. The number of hydrogen-bond donors (Lipinski definition) is 0. The number of esters is 1. The molecule has 0 bridgehead atoms. The zero-order chi connectivity index (χ0) is 11.7. The Morgan fingerprint density at radius 1 is 1.33 bits per heavy atom. The largest absolute Gasteiger partial charge is 0.469 e. The molecule has 0 heterocycles. The van der Waals surface area contributed by atoms with Crippen LogP contribution in [0, 0.1) is 5.92 Å². The second-order valence-electron chi connectivity index (χ2n) is 3.62. The quantitative estimate of drug-likeness (QED) is 0.481. The lowest BCUT2D eigenvalue weighted by Gasteiger charge is -2.10. The molecule has 0 aliphatic heterocycles. The minimum Gasteiger partial charge on any atom is -0.469 e. The normalized spacial score (nSPS) is 12.7. The van der Waals surface area contributed by atoms with E-state index in [1.54, 1.807) is 0 Å². The van der Waals surface area contributed by atoms with E-state index >= 15 is 0 Å². The zero-order valence-corrected chi connectivity index (χ0v) is 9.79. The van der Waals surface area contributed by atoms with E-state index < -0.39 is 0 Å². The zero-order valence-electron chi connectivity index (χ0n) is 9.79. The molecule has 0 saturated carbocycles. The lowest BCUT2D eigenvalue weighted by Crippen LogP contribution is -2.18. The maximum Gasteiger partial charge on any atom is 0.309 e. The van der Waals surface area contributed by atoms with Crippen LogP contribution in [-0.4, -0.2) is 18.9 Å². The number of ether oxygens (including phenoxy) is 1. The van der Waals surface area contributed by atoms with E-state index in [1.165, 1.54) is 14.0 Å². The molecule has 0 radical (unpaired) electrons. The fourth-order valence-corrected chi connectivity index (χ4v) is 1.32. The predicted molar refractivity (Wildman–Crippen MR) is 59.5 cm³/mol. The molecule has 86 valence electrons. The van der Waals surface area contributed by atoms with Crippen molar-refractivity contribution in [2.75, 3.05) is 7.11 Å². The Balaban J connectivity index is 4.12. The van der Waals surface area contributed by atoms with E-state index in [4.69, 9.17) is 0 Å². The van der Waals surface area contributed by atoms with Crippen molar-refractivity contribution in [1.82, 2.24) is 0 Å². The molecule has 0 aliphatic carbocycles. The molecule has 1 unspecified atom stereocenters. The van der Waals surface area contributed by atoms with Crippen molar-refractivity contribution in [3.63, 3.8) is 0 Å². The van der Waals surface area contributed by atoms with Crippen molar-refractivity contribution in [2.45, 2.75) is 39.5 Å². The summed E-state index contributed by atoms with van der Waals surface area (Å²) in [6, 6.07) is 0. The maximum absolute atomic E-state index is 11.3. The summed E-state index contributed by atoms with van der Waals surface area (Å²) in [4.78, 5) is 22.2. The van der Waals surface area contributed by atoms with Crippen LogP contribution in [0.25, 0.3) is 0 Å². The standard InChI is InChI=1S/C12H20O3/c1-4-5-6-7-8-11(9-10(2)13)12(14)15-3/h6-7,11H,4-5,8-9H2,1-3H3. The van der Waals surface area contributed by atoms with Gasteiger partial charge in [0.15, 0.2) is 0 Å². The third kappa shape index (κ3) is 6.89. The Kier molecular flexibility index (Phi) is 7.60. The summed E-state index contributed by atoms with van der Waals surface area (Å²) in [7, 11) is 1.35. The van der Waals surface area contributed by atoms with Crippen LogP contribution in [0.4, 0.5) is 0 Å². The van der Waals surface area contributed by atoms with Crippen molar-refractivity contribution in [2.24, 2.45) is 5.92 Å². The molecule has 0 spiro atoms. The smallest absolute Gasteiger partial charge is 0.309 e. The third-order valence-corrected chi connectivity index (χ3v) is 2.11. The first-order valence-electron chi connectivity index (χ1n) is 5.34. The van der Waals surface area contributed by atoms with Gasteiger partial charge in [-0.05, 0) is 19.8 Å². The first kappa shape index (κ1) is 13.9. The van der Waals surface area contributed by atoms with Gasteiger partial charge < -0.3 is 9.53 Å². The Hall–Kier alpha value is -1.12. The topological polar surface area (TPSA) is 43.4 Å². The van der Waals surface area contributed by atoms with Crippen molar-refractivity contribution in [1.29, 1.82) is 0 Å². The molecule has 1 atom stereocenters. The monoisotopic (exact) mass is 212 g/mol. The molecule has 0 fully saturated rings. The summed E-state index contributed by atoms with van der Waals surface area (Å²) in [6.07, 6.45) is 6.94. The van der Waals surface area contributed by atoms with E-state index in [1.807, 2.05) is 12.2 Å². The molecule has 15 heavy (non-hydrogen) atoms. The predicted octanol–water partition coefficient (Wildman–Crippen LogP) is 2.50. The van der Waals surface area contributed by atoms with Gasteiger partial charge in [-0.2, -0.15) is 0 Å². The van der Waals surface area contributed by atoms with Gasteiger partial charge in [0.05, 0.1) is 13.0 Å². The molecule has 0 aliphatic rings. The molecule has 0 saturated heterocycles. The maximum atomic E-state index is 11.3. The van der Waals surface area contributed by atoms with Crippen LogP contribution < -0.4 is 0 Å². The second-order valence-corrected chi connectivity index (χ2v) is 3.62. The highest BCUT2D eigenvalue weighted by Gasteiger charge is 2.19. The summed E-state index contributed by atoms with van der Waals surface area (Å²) in [5.74, 6) is -0.596.